The van der Waals surface area contributed by atoms with E-state index in [0.717, 1.165) is 22.2 Å². The average molecular weight is 380 g/mol. The number of non-ortho nitro benzene ring substituents is 1. The zero-order valence-corrected chi connectivity index (χ0v) is 15.3. The molecule has 0 unspecified atom stereocenters. The lowest BCUT2D eigenvalue weighted by Gasteiger charge is -2.09. The van der Waals surface area contributed by atoms with Crippen LogP contribution in [0, 0.1) is 10.1 Å². The molecule has 0 aliphatic heterocycles. The Kier molecular flexibility index (Phi) is 4.51. The molecule has 0 bridgehead atoms. The molecule has 8 nitrogen and oxygen atoms in total. The van der Waals surface area contributed by atoms with E-state index in [2.05, 4.69) is 33.4 Å². The highest BCUT2D eigenvalue weighted by atomic mass is 32.1. The van der Waals surface area contributed by atoms with E-state index in [1.54, 1.807) is 40.5 Å². The third-order valence-electron chi connectivity index (χ3n) is 4.07. The number of hydrogen-bond donors (Lipinski definition) is 1. The van der Waals surface area contributed by atoms with Crippen LogP contribution in [0.25, 0.3) is 16.2 Å². The fraction of sp³-hybridized carbons (Fsp3) is 0.167. The van der Waals surface area contributed by atoms with Crippen LogP contribution in [0.5, 0.6) is 0 Å². The number of nitro benzene ring substituents is 1. The van der Waals surface area contributed by atoms with Gasteiger partial charge >= 0.3 is 0 Å². The van der Waals surface area contributed by atoms with E-state index in [-0.39, 0.29) is 5.69 Å². The van der Waals surface area contributed by atoms with Gasteiger partial charge in [0.05, 0.1) is 10.3 Å². The van der Waals surface area contributed by atoms with Crippen molar-refractivity contribution in [1.82, 2.24) is 19.7 Å². The molecule has 4 rings (SSSR count). The van der Waals surface area contributed by atoms with E-state index in [1.165, 1.54) is 10.9 Å². The number of fused-ring (bicyclic) bond motifs is 1. The Morgan fingerprint density at radius 3 is 2.89 bits per heavy atom. The third-order valence-corrected chi connectivity index (χ3v) is 5.24. The minimum atomic E-state index is -0.394. The van der Waals surface area contributed by atoms with Crippen molar-refractivity contribution in [2.24, 2.45) is 0 Å². The minimum absolute atomic E-state index is 0.0724. The Morgan fingerprint density at radius 2 is 2.15 bits per heavy atom. The maximum Gasteiger partial charge on any atom is 0.269 e. The molecule has 4 aromatic rings. The van der Waals surface area contributed by atoms with Gasteiger partial charge in [0.15, 0.2) is 0 Å². The lowest BCUT2D eigenvalue weighted by Crippen LogP contribution is -2.07. The van der Waals surface area contributed by atoms with Crippen molar-refractivity contribution in [3.63, 3.8) is 0 Å². The SMILES string of the molecule is CCc1cc2c(NCc3cccc([N+](=O)[O-])c3)nc(-n3cccn3)nc2s1. The summed E-state index contributed by atoms with van der Waals surface area (Å²) >= 11 is 1.63. The number of nitrogens with zero attached hydrogens (tertiary/aromatic N) is 5. The normalized spacial score (nSPS) is 11.0. The van der Waals surface area contributed by atoms with Crippen molar-refractivity contribution >= 4 is 33.1 Å². The van der Waals surface area contributed by atoms with Crippen LogP contribution >= 0.6 is 11.3 Å². The molecule has 3 heterocycles. The van der Waals surface area contributed by atoms with Gasteiger partial charge in [-0.1, -0.05) is 19.1 Å². The van der Waals surface area contributed by atoms with E-state index in [9.17, 15) is 10.1 Å². The molecule has 0 aliphatic carbocycles. The van der Waals surface area contributed by atoms with Gasteiger partial charge in [-0.15, -0.1) is 11.3 Å². The Labute approximate surface area is 158 Å². The van der Waals surface area contributed by atoms with Crippen LogP contribution in [0.4, 0.5) is 11.5 Å². The molecular formula is C18H16N6O2S. The van der Waals surface area contributed by atoms with Gasteiger partial charge in [-0.25, -0.2) is 4.68 Å². The van der Waals surface area contributed by atoms with E-state index < -0.39 is 4.92 Å². The average Bonchev–Trinajstić information content (AvgIpc) is 3.35. The molecule has 3 aromatic heterocycles. The van der Waals surface area contributed by atoms with Crippen molar-refractivity contribution in [3.05, 3.63) is 69.3 Å². The van der Waals surface area contributed by atoms with Gasteiger partial charge in [-0.2, -0.15) is 15.1 Å². The molecule has 27 heavy (non-hydrogen) atoms. The second kappa shape index (κ2) is 7.12. The Hall–Kier alpha value is -3.33. The highest BCUT2D eigenvalue weighted by Crippen LogP contribution is 2.30. The summed E-state index contributed by atoms with van der Waals surface area (Å²) in [4.78, 5) is 21.9. The summed E-state index contributed by atoms with van der Waals surface area (Å²) in [5.41, 5.74) is 0.880. The Balaban J connectivity index is 1.70. The van der Waals surface area contributed by atoms with E-state index >= 15 is 0 Å². The number of anilines is 1. The molecule has 0 atom stereocenters. The first kappa shape index (κ1) is 17.1. The summed E-state index contributed by atoms with van der Waals surface area (Å²) in [6, 6.07) is 10.5. The quantitative estimate of drug-likeness (QED) is 0.401. The number of aromatic nitrogens is 4. The second-order valence-electron chi connectivity index (χ2n) is 5.89. The van der Waals surface area contributed by atoms with Crippen LogP contribution in [0.15, 0.2) is 48.8 Å². The van der Waals surface area contributed by atoms with Crippen LogP contribution < -0.4 is 5.32 Å². The number of nitro groups is 1. The van der Waals surface area contributed by atoms with Gasteiger partial charge in [0.1, 0.15) is 10.6 Å². The monoisotopic (exact) mass is 380 g/mol. The molecule has 0 saturated heterocycles. The smallest absolute Gasteiger partial charge is 0.269 e. The van der Waals surface area contributed by atoms with Gasteiger partial charge in [0.2, 0.25) is 0 Å². The molecule has 0 spiro atoms. The fourth-order valence-electron chi connectivity index (χ4n) is 2.72. The molecule has 0 saturated carbocycles. The molecule has 0 amide bonds. The third kappa shape index (κ3) is 3.49. The van der Waals surface area contributed by atoms with Crippen LogP contribution in [0.1, 0.15) is 17.4 Å². The fourth-order valence-corrected chi connectivity index (χ4v) is 3.69. The summed E-state index contributed by atoms with van der Waals surface area (Å²) in [6.45, 7) is 2.52. The van der Waals surface area contributed by atoms with Crippen molar-refractivity contribution in [2.45, 2.75) is 19.9 Å². The highest BCUT2D eigenvalue weighted by molar-refractivity contribution is 7.18. The maximum atomic E-state index is 11.0. The highest BCUT2D eigenvalue weighted by Gasteiger charge is 2.13. The number of rotatable bonds is 6. The van der Waals surface area contributed by atoms with E-state index in [4.69, 9.17) is 0 Å². The van der Waals surface area contributed by atoms with Crippen molar-refractivity contribution in [2.75, 3.05) is 5.32 Å². The Bertz CT molecular complexity index is 1110. The van der Waals surface area contributed by atoms with Crippen LogP contribution in [0.2, 0.25) is 0 Å². The predicted molar refractivity (Wildman–Crippen MR) is 104 cm³/mol. The van der Waals surface area contributed by atoms with Gasteiger partial charge in [0.25, 0.3) is 11.6 Å². The molecular weight excluding hydrogens is 364 g/mol. The first-order valence-corrected chi connectivity index (χ1v) is 9.23. The van der Waals surface area contributed by atoms with Gasteiger partial charge in [-0.05, 0) is 24.1 Å². The lowest BCUT2D eigenvalue weighted by molar-refractivity contribution is -0.384. The number of aryl methyl sites for hydroxylation is 1. The van der Waals surface area contributed by atoms with E-state index in [0.29, 0.717) is 18.3 Å². The van der Waals surface area contributed by atoms with Gasteiger partial charge in [-0.3, -0.25) is 10.1 Å². The van der Waals surface area contributed by atoms with Crippen molar-refractivity contribution < 1.29 is 4.92 Å². The maximum absolute atomic E-state index is 11.0. The number of thiophene rings is 1. The first-order valence-electron chi connectivity index (χ1n) is 8.41. The first-order chi connectivity index (χ1) is 13.1. The molecule has 136 valence electrons. The zero-order valence-electron chi connectivity index (χ0n) is 14.5. The van der Waals surface area contributed by atoms with Crippen molar-refractivity contribution in [1.29, 1.82) is 0 Å². The predicted octanol–water partition coefficient (Wildman–Crippen LogP) is 3.96. The second-order valence-corrected chi connectivity index (χ2v) is 7.00. The largest absolute Gasteiger partial charge is 0.365 e. The minimum Gasteiger partial charge on any atom is -0.365 e. The van der Waals surface area contributed by atoms with Gasteiger partial charge < -0.3 is 5.32 Å². The van der Waals surface area contributed by atoms with Crippen LogP contribution in [-0.2, 0) is 13.0 Å². The standard InChI is InChI=1S/C18H16N6O2S/c1-2-14-10-15-16(19-11-12-5-3-6-13(9-12)24(25)26)21-18(22-17(15)27-14)23-8-4-7-20-23/h3-10H,2,11H2,1H3,(H,19,21,22). The van der Waals surface area contributed by atoms with Crippen LogP contribution in [-0.4, -0.2) is 24.7 Å². The lowest BCUT2D eigenvalue weighted by atomic mass is 10.2. The van der Waals surface area contributed by atoms with Crippen LogP contribution in [0.3, 0.4) is 0 Å². The van der Waals surface area contributed by atoms with Gasteiger partial charge in [0, 0.05) is 35.9 Å². The summed E-state index contributed by atoms with van der Waals surface area (Å²) in [7, 11) is 0. The molecule has 1 aromatic carbocycles. The summed E-state index contributed by atoms with van der Waals surface area (Å²) < 4.78 is 1.61. The molecule has 0 radical (unpaired) electrons. The number of benzene rings is 1. The zero-order chi connectivity index (χ0) is 18.8. The summed E-state index contributed by atoms with van der Waals surface area (Å²) in [5.74, 6) is 1.17. The molecule has 0 aliphatic rings. The van der Waals surface area contributed by atoms with Crippen molar-refractivity contribution in [3.8, 4) is 5.95 Å². The summed E-state index contributed by atoms with van der Waals surface area (Å²) in [6.07, 6.45) is 4.39. The Morgan fingerprint density at radius 1 is 1.26 bits per heavy atom. The molecule has 0 fully saturated rings. The van der Waals surface area contributed by atoms with E-state index in [1.807, 2.05) is 12.1 Å². The number of nitrogens with one attached hydrogen (secondary N) is 1. The topological polar surface area (TPSA) is 98.8 Å². The molecule has 1 N–H and O–H groups in total. The number of hydrogen-bond acceptors (Lipinski definition) is 7. The molecule has 9 heteroatoms. The summed E-state index contributed by atoms with van der Waals surface area (Å²) in [5, 5.41) is 19.4.